The highest BCUT2D eigenvalue weighted by Crippen LogP contribution is 2.38. The molecule has 2 atom stereocenters. The number of benzene rings is 1. The van der Waals surface area contributed by atoms with E-state index in [9.17, 15) is 9.59 Å². The third-order valence-electron chi connectivity index (χ3n) is 7.77. The Labute approximate surface area is 224 Å². The quantitative estimate of drug-likeness (QED) is 0.555. The first-order valence-corrected chi connectivity index (χ1v) is 13.0. The maximum atomic E-state index is 13.7. The third-order valence-corrected chi connectivity index (χ3v) is 7.77. The molecule has 0 radical (unpaired) electrons. The average Bonchev–Trinajstić information content (AvgIpc) is 3.50. The molecule has 1 aromatic carbocycles. The molecule has 2 aromatic rings. The van der Waals surface area contributed by atoms with Gasteiger partial charge in [0.1, 0.15) is 23.6 Å². The first-order valence-electron chi connectivity index (χ1n) is 13.0. The first kappa shape index (κ1) is 28.1. The highest BCUT2D eigenvalue weighted by molar-refractivity contribution is 6.62. The molecule has 0 aliphatic carbocycles. The molecule has 2 fully saturated rings. The summed E-state index contributed by atoms with van der Waals surface area (Å²) in [6, 6.07) is 6.73. The maximum absolute atomic E-state index is 13.7. The molecule has 2 aliphatic rings. The molecule has 2 amide bonds. The molecular formula is C27H39BN4O6. The summed E-state index contributed by atoms with van der Waals surface area (Å²) in [5.41, 5.74) is 0.988. The number of imidazole rings is 1. The predicted molar refractivity (Wildman–Crippen MR) is 144 cm³/mol. The van der Waals surface area contributed by atoms with E-state index in [1.54, 1.807) is 11.1 Å². The zero-order chi connectivity index (χ0) is 28.0. The molecule has 4 rings (SSSR count). The van der Waals surface area contributed by atoms with Gasteiger partial charge in [0, 0.05) is 0 Å². The van der Waals surface area contributed by atoms with Crippen molar-refractivity contribution in [2.75, 3.05) is 13.7 Å². The Morgan fingerprint density at radius 3 is 2.26 bits per heavy atom. The van der Waals surface area contributed by atoms with Crippen molar-refractivity contribution in [1.29, 1.82) is 0 Å². The van der Waals surface area contributed by atoms with Gasteiger partial charge in [-0.15, -0.1) is 0 Å². The van der Waals surface area contributed by atoms with Gasteiger partial charge in [0.15, 0.2) is 0 Å². The number of aromatic amines is 1. The van der Waals surface area contributed by atoms with Crippen LogP contribution in [0.3, 0.4) is 0 Å². The molecule has 38 heavy (non-hydrogen) atoms. The lowest BCUT2D eigenvalue weighted by Crippen LogP contribution is -2.56. The Hall–Kier alpha value is -2.89. The van der Waals surface area contributed by atoms with Gasteiger partial charge >= 0.3 is 13.2 Å². The fourth-order valence-electron chi connectivity index (χ4n) is 4.72. The summed E-state index contributed by atoms with van der Waals surface area (Å²) in [6.07, 6.45) is 1.09. The van der Waals surface area contributed by atoms with E-state index in [-0.39, 0.29) is 18.4 Å². The summed E-state index contributed by atoms with van der Waals surface area (Å²) < 4.78 is 23.1. The number of nitrogens with zero attached hydrogens (tertiary/aromatic N) is 2. The minimum absolute atomic E-state index is 0.159. The van der Waals surface area contributed by atoms with Gasteiger partial charge in [-0.25, -0.2) is 9.78 Å². The summed E-state index contributed by atoms with van der Waals surface area (Å²) in [5.74, 6) is 0.186. The van der Waals surface area contributed by atoms with Crippen LogP contribution in [-0.4, -0.2) is 70.7 Å². The number of carbonyl (C=O) groups is 2. The molecule has 2 unspecified atom stereocenters. The molecule has 10 nitrogen and oxygen atoms in total. The van der Waals surface area contributed by atoms with Crippen LogP contribution in [-0.2, 0) is 23.6 Å². The fourth-order valence-corrected chi connectivity index (χ4v) is 4.72. The van der Waals surface area contributed by atoms with Crippen molar-refractivity contribution in [1.82, 2.24) is 20.2 Å². The number of rotatable bonds is 6. The molecule has 2 saturated heterocycles. The third kappa shape index (κ3) is 5.19. The van der Waals surface area contributed by atoms with Crippen LogP contribution in [0.15, 0.2) is 30.5 Å². The van der Waals surface area contributed by atoms with Gasteiger partial charge in [0.25, 0.3) is 0 Å². The van der Waals surface area contributed by atoms with Gasteiger partial charge < -0.3 is 34.0 Å². The molecule has 2 aliphatic heterocycles. The number of methoxy groups -OCH3 is 1. The van der Waals surface area contributed by atoms with Gasteiger partial charge in [-0.1, -0.05) is 38.1 Å². The zero-order valence-corrected chi connectivity index (χ0v) is 23.7. The molecule has 0 saturated carbocycles. The number of alkyl carbamates (subject to hydrolysis) is 1. The van der Waals surface area contributed by atoms with Crippen molar-refractivity contribution in [2.24, 2.45) is 5.92 Å². The normalized spacial score (nSPS) is 22.5. The Kier molecular flexibility index (Phi) is 7.41. The standard InChI is InChI=1S/C27H39BN4O6/c1-16(2)21(31-24(34)35-9)23(33)32-20(15-36-27(32,7)8)22-29-14-19(30-22)17-10-12-18(13-11-17)28-37-25(3,4)26(5,6)38-28/h10-14,16,20-21H,15H2,1-9H3,(H,29,30)(H,31,34). The molecule has 0 spiro atoms. The van der Waals surface area contributed by atoms with Crippen molar-refractivity contribution in [3.63, 3.8) is 0 Å². The van der Waals surface area contributed by atoms with E-state index < -0.39 is 42.2 Å². The highest BCUT2D eigenvalue weighted by Gasteiger charge is 2.52. The van der Waals surface area contributed by atoms with E-state index in [2.05, 4.69) is 15.3 Å². The molecule has 1 aromatic heterocycles. The summed E-state index contributed by atoms with van der Waals surface area (Å²) in [6.45, 7) is 15.8. The Balaban J connectivity index is 1.54. The lowest BCUT2D eigenvalue weighted by Gasteiger charge is -2.36. The van der Waals surface area contributed by atoms with Gasteiger partial charge in [-0.3, -0.25) is 4.79 Å². The van der Waals surface area contributed by atoms with Gasteiger partial charge in [-0.05, 0) is 58.5 Å². The van der Waals surface area contributed by atoms with Crippen LogP contribution < -0.4 is 10.8 Å². The van der Waals surface area contributed by atoms with E-state index in [0.717, 1.165) is 16.7 Å². The number of amides is 2. The lowest BCUT2D eigenvalue weighted by atomic mass is 9.79. The minimum Gasteiger partial charge on any atom is -0.453 e. The van der Waals surface area contributed by atoms with Crippen molar-refractivity contribution in [3.8, 4) is 11.3 Å². The number of hydrogen-bond donors (Lipinski definition) is 2. The molecule has 3 heterocycles. The molecule has 11 heteroatoms. The van der Waals surface area contributed by atoms with Crippen LogP contribution in [0.25, 0.3) is 11.3 Å². The topological polar surface area (TPSA) is 115 Å². The van der Waals surface area contributed by atoms with Crippen LogP contribution in [0.1, 0.15) is 67.3 Å². The van der Waals surface area contributed by atoms with Crippen LogP contribution in [0.4, 0.5) is 4.79 Å². The van der Waals surface area contributed by atoms with Crippen LogP contribution >= 0.6 is 0 Å². The monoisotopic (exact) mass is 526 g/mol. The Bertz CT molecular complexity index is 1160. The first-order chi connectivity index (χ1) is 17.7. The molecule has 0 bridgehead atoms. The zero-order valence-electron chi connectivity index (χ0n) is 23.7. The second-order valence-corrected chi connectivity index (χ2v) is 11.7. The minimum atomic E-state index is -0.885. The van der Waals surface area contributed by atoms with Crippen molar-refractivity contribution < 1.29 is 28.4 Å². The lowest BCUT2D eigenvalue weighted by molar-refractivity contribution is -0.149. The number of ether oxygens (including phenoxy) is 2. The number of nitrogens with one attached hydrogen (secondary N) is 2. The Morgan fingerprint density at radius 2 is 1.71 bits per heavy atom. The van der Waals surface area contributed by atoms with Gasteiger partial charge in [-0.2, -0.15) is 0 Å². The van der Waals surface area contributed by atoms with Crippen molar-refractivity contribution >= 4 is 24.6 Å². The summed E-state index contributed by atoms with van der Waals surface area (Å²) in [4.78, 5) is 35.2. The smallest absolute Gasteiger partial charge is 0.453 e. The summed E-state index contributed by atoms with van der Waals surface area (Å²) >= 11 is 0. The van der Waals surface area contributed by atoms with Crippen LogP contribution in [0, 0.1) is 5.92 Å². The van der Waals surface area contributed by atoms with E-state index in [4.69, 9.17) is 18.8 Å². The number of aromatic nitrogens is 2. The molecular weight excluding hydrogens is 487 g/mol. The summed E-state index contributed by atoms with van der Waals surface area (Å²) in [7, 11) is 0.839. The van der Waals surface area contributed by atoms with E-state index >= 15 is 0 Å². The Morgan fingerprint density at radius 1 is 1.11 bits per heavy atom. The number of carbonyl (C=O) groups excluding carboxylic acids is 2. The van der Waals surface area contributed by atoms with Gasteiger partial charge in [0.2, 0.25) is 5.91 Å². The van der Waals surface area contributed by atoms with Gasteiger partial charge in [0.05, 0.1) is 36.8 Å². The SMILES string of the molecule is COC(=O)NC(C(=O)N1C(c2ncc(-c3ccc(B4OC(C)(C)C(C)(C)O4)cc3)[nH]2)COC1(C)C)C(C)C. The second-order valence-electron chi connectivity index (χ2n) is 11.7. The predicted octanol–water partition coefficient (Wildman–Crippen LogP) is 3.39. The highest BCUT2D eigenvalue weighted by atomic mass is 16.7. The average molecular weight is 526 g/mol. The van der Waals surface area contributed by atoms with E-state index in [1.165, 1.54) is 7.11 Å². The fraction of sp³-hybridized carbons (Fsp3) is 0.593. The largest absolute Gasteiger partial charge is 0.494 e. The number of H-pyrrole nitrogens is 1. The van der Waals surface area contributed by atoms with E-state index in [1.807, 2.05) is 79.7 Å². The molecule has 2 N–H and O–H groups in total. The molecule has 206 valence electrons. The van der Waals surface area contributed by atoms with E-state index in [0.29, 0.717) is 5.82 Å². The summed E-state index contributed by atoms with van der Waals surface area (Å²) in [5, 5.41) is 2.66. The second kappa shape index (κ2) is 10.0. The van der Waals surface area contributed by atoms with Crippen molar-refractivity contribution in [2.45, 2.75) is 84.4 Å². The maximum Gasteiger partial charge on any atom is 0.494 e. The van der Waals surface area contributed by atoms with Crippen LogP contribution in [0.2, 0.25) is 0 Å². The van der Waals surface area contributed by atoms with Crippen LogP contribution in [0.5, 0.6) is 0 Å². The van der Waals surface area contributed by atoms with Crippen molar-refractivity contribution in [3.05, 3.63) is 36.3 Å². The number of hydrogen-bond acceptors (Lipinski definition) is 7.